The quantitative estimate of drug-likeness (QED) is 0.717. The maximum atomic E-state index is 12.0. The molecule has 2 fully saturated rings. The number of rotatable bonds is 6. The third kappa shape index (κ3) is 2.35. The van der Waals surface area contributed by atoms with Gasteiger partial charge in [0.15, 0.2) is 6.04 Å². The van der Waals surface area contributed by atoms with Gasteiger partial charge in [0, 0.05) is 19.1 Å². The number of carbonyl (C=O) groups is 2. The standard InChI is InChI=1S/C11H17NO4/c1-16-6-9(11(14)15)12(8-4-5-8)10(13)7-2-3-7/h7-9H,2-6H2,1H3,(H,14,15). The Hall–Kier alpha value is -1.10. The van der Waals surface area contributed by atoms with Crippen molar-refractivity contribution in [3.05, 3.63) is 0 Å². The molecule has 0 aliphatic heterocycles. The van der Waals surface area contributed by atoms with Gasteiger partial charge in [-0.25, -0.2) is 4.79 Å². The molecule has 5 heteroatoms. The van der Waals surface area contributed by atoms with Crippen LogP contribution in [0.2, 0.25) is 0 Å². The van der Waals surface area contributed by atoms with Gasteiger partial charge in [0.2, 0.25) is 5.91 Å². The summed E-state index contributed by atoms with van der Waals surface area (Å²) in [5.74, 6) is -0.894. The Morgan fingerprint density at radius 3 is 2.38 bits per heavy atom. The van der Waals surface area contributed by atoms with Crippen molar-refractivity contribution in [2.45, 2.75) is 37.8 Å². The largest absolute Gasteiger partial charge is 0.480 e. The number of methoxy groups -OCH3 is 1. The Balaban J connectivity index is 2.08. The number of aliphatic carboxylic acids is 1. The lowest BCUT2D eigenvalue weighted by Gasteiger charge is -2.28. The maximum absolute atomic E-state index is 12.0. The van der Waals surface area contributed by atoms with Crippen molar-refractivity contribution in [2.24, 2.45) is 5.92 Å². The molecule has 0 spiro atoms. The van der Waals surface area contributed by atoms with E-state index in [1.54, 1.807) is 4.90 Å². The van der Waals surface area contributed by atoms with Gasteiger partial charge in [0.1, 0.15) is 0 Å². The molecule has 1 N–H and O–H groups in total. The van der Waals surface area contributed by atoms with Crippen LogP contribution in [0.1, 0.15) is 25.7 Å². The molecular formula is C11H17NO4. The highest BCUT2D eigenvalue weighted by Gasteiger charge is 2.45. The van der Waals surface area contributed by atoms with Gasteiger partial charge >= 0.3 is 5.97 Å². The van der Waals surface area contributed by atoms with Gasteiger partial charge < -0.3 is 14.7 Å². The molecule has 0 aromatic rings. The smallest absolute Gasteiger partial charge is 0.328 e. The Labute approximate surface area is 94.4 Å². The summed E-state index contributed by atoms with van der Waals surface area (Å²) < 4.78 is 4.90. The van der Waals surface area contributed by atoms with Crippen LogP contribution in [0, 0.1) is 5.92 Å². The molecule has 0 bridgehead atoms. The molecule has 1 unspecified atom stereocenters. The molecule has 5 nitrogen and oxygen atoms in total. The van der Waals surface area contributed by atoms with Crippen LogP contribution < -0.4 is 0 Å². The molecular weight excluding hydrogens is 210 g/mol. The maximum Gasteiger partial charge on any atom is 0.328 e. The molecule has 16 heavy (non-hydrogen) atoms. The fourth-order valence-corrected chi connectivity index (χ4v) is 1.91. The Morgan fingerprint density at radius 2 is 2.00 bits per heavy atom. The molecule has 0 aromatic heterocycles. The molecule has 1 atom stereocenters. The predicted molar refractivity (Wildman–Crippen MR) is 55.9 cm³/mol. The van der Waals surface area contributed by atoms with E-state index in [4.69, 9.17) is 9.84 Å². The van der Waals surface area contributed by atoms with Crippen LogP contribution in [0.15, 0.2) is 0 Å². The van der Waals surface area contributed by atoms with Crippen molar-refractivity contribution in [3.8, 4) is 0 Å². The number of nitrogens with zero attached hydrogens (tertiary/aromatic N) is 1. The number of carboxylic acid groups (broad SMARTS) is 1. The summed E-state index contributed by atoms with van der Waals surface area (Å²) in [5, 5.41) is 9.13. The predicted octanol–water partition coefficient (Wildman–Crippen LogP) is 0.487. The van der Waals surface area contributed by atoms with Gasteiger partial charge in [0.25, 0.3) is 0 Å². The average Bonchev–Trinajstić information content (AvgIpc) is 3.07. The van der Waals surface area contributed by atoms with E-state index in [0.29, 0.717) is 0 Å². The van der Waals surface area contributed by atoms with Crippen LogP contribution in [0.25, 0.3) is 0 Å². The number of carboxylic acids is 1. The first kappa shape index (κ1) is 11.4. The fourth-order valence-electron chi connectivity index (χ4n) is 1.91. The first-order valence-corrected chi connectivity index (χ1v) is 5.69. The zero-order chi connectivity index (χ0) is 11.7. The van der Waals surface area contributed by atoms with Crippen LogP contribution in [-0.2, 0) is 14.3 Å². The van der Waals surface area contributed by atoms with Gasteiger partial charge in [-0.15, -0.1) is 0 Å². The van der Waals surface area contributed by atoms with Crippen molar-refractivity contribution in [3.63, 3.8) is 0 Å². The van der Waals surface area contributed by atoms with Crippen LogP contribution in [-0.4, -0.2) is 47.7 Å². The van der Waals surface area contributed by atoms with Crippen molar-refractivity contribution >= 4 is 11.9 Å². The molecule has 0 radical (unpaired) electrons. The summed E-state index contributed by atoms with van der Waals surface area (Å²) in [6.45, 7) is 0.0737. The van der Waals surface area contributed by atoms with E-state index in [1.807, 2.05) is 0 Å². The molecule has 2 aliphatic carbocycles. The van der Waals surface area contributed by atoms with Gasteiger partial charge in [0.05, 0.1) is 6.61 Å². The monoisotopic (exact) mass is 227 g/mol. The van der Waals surface area contributed by atoms with Crippen LogP contribution >= 0.6 is 0 Å². The molecule has 90 valence electrons. The fraction of sp³-hybridized carbons (Fsp3) is 0.818. The molecule has 2 aliphatic rings. The highest BCUT2D eigenvalue weighted by molar-refractivity contribution is 5.87. The SMILES string of the molecule is COCC(C(=O)O)N(C(=O)C1CC1)C1CC1. The van der Waals surface area contributed by atoms with Gasteiger partial charge in [-0.1, -0.05) is 0 Å². The lowest BCUT2D eigenvalue weighted by molar-refractivity contribution is -0.153. The second-order valence-corrected chi connectivity index (χ2v) is 4.56. The second kappa shape index (κ2) is 4.41. The van der Waals surface area contributed by atoms with E-state index < -0.39 is 12.0 Å². The number of hydrogen-bond donors (Lipinski definition) is 1. The van der Waals surface area contributed by atoms with Crippen molar-refractivity contribution in [2.75, 3.05) is 13.7 Å². The minimum absolute atomic E-state index is 0.00644. The molecule has 0 saturated heterocycles. The van der Waals surface area contributed by atoms with Gasteiger partial charge in [-0.2, -0.15) is 0 Å². The average molecular weight is 227 g/mol. The zero-order valence-electron chi connectivity index (χ0n) is 9.39. The summed E-state index contributed by atoms with van der Waals surface area (Å²) in [4.78, 5) is 24.7. The first-order valence-electron chi connectivity index (χ1n) is 5.69. The van der Waals surface area contributed by atoms with E-state index in [2.05, 4.69) is 0 Å². The summed E-state index contributed by atoms with van der Waals surface area (Å²) in [6, 6.07) is -0.685. The van der Waals surface area contributed by atoms with Crippen molar-refractivity contribution in [1.82, 2.24) is 4.90 Å². The van der Waals surface area contributed by atoms with Crippen LogP contribution in [0.5, 0.6) is 0 Å². The normalized spacial score (nSPS) is 21.6. The van der Waals surface area contributed by atoms with Gasteiger partial charge in [-0.05, 0) is 25.7 Å². The minimum Gasteiger partial charge on any atom is -0.480 e. The van der Waals surface area contributed by atoms with Crippen molar-refractivity contribution < 1.29 is 19.4 Å². The second-order valence-electron chi connectivity index (χ2n) is 4.56. The summed E-state index contributed by atoms with van der Waals surface area (Å²) in [6.07, 6.45) is 3.65. The van der Waals surface area contributed by atoms with Gasteiger partial charge in [-0.3, -0.25) is 4.79 Å². The minimum atomic E-state index is -0.970. The summed E-state index contributed by atoms with van der Waals surface area (Å²) >= 11 is 0. The lowest BCUT2D eigenvalue weighted by atomic mass is 10.2. The Morgan fingerprint density at radius 1 is 1.38 bits per heavy atom. The topological polar surface area (TPSA) is 66.8 Å². The van der Waals surface area contributed by atoms with E-state index in [0.717, 1.165) is 25.7 Å². The van der Waals surface area contributed by atoms with E-state index in [1.165, 1.54) is 7.11 Å². The third-order valence-corrected chi connectivity index (χ3v) is 3.07. The molecule has 0 heterocycles. The first-order chi connectivity index (χ1) is 7.65. The Bertz CT molecular complexity index is 296. The highest BCUT2D eigenvalue weighted by atomic mass is 16.5. The third-order valence-electron chi connectivity index (χ3n) is 3.07. The zero-order valence-corrected chi connectivity index (χ0v) is 9.39. The van der Waals surface area contributed by atoms with Crippen LogP contribution in [0.3, 0.4) is 0 Å². The number of carbonyl (C=O) groups excluding carboxylic acids is 1. The number of hydrogen-bond acceptors (Lipinski definition) is 3. The van der Waals surface area contributed by atoms with E-state index in [-0.39, 0.29) is 24.5 Å². The number of amides is 1. The molecule has 2 saturated carbocycles. The molecule has 0 aromatic carbocycles. The highest BCUT2D eigenvalue weighted by Crippen LogP contribution is 2.37. The lowest BCUT2D eigenvalue weighted by Crippen LogP contribution is -2.49. The Kier molecular flexibility index (Phi) is 3.14. The van der Waals surface area contributed by atoms with Crippen molar-refractivity contribution in [1.29, 1.82) is 0 Å². The summed E-state index contributed by atoms with van der Waals surface area (Å²) in [7, 11) is 1.46. The summed E-state index contributed by atoms with van der Waals surface area (Å²) in [5.41, 5.74) is 0. The van der Waals surface area contributed by atoms with E-state index in [9.17, 15) is 9.59 Å². The molecule has 1 amide bonds. The van der Waals surface area contributed by atoms with Crippen LogP contribution in [0.4, 0.5) is 0 Å². The molecule has 2 rings (SSSR count). The van der Waals surface area contributed by atoms with E-state index >= 15 is 0 Å². The number of ether oxygens (including phenoxy) is 1.